The Hall–Kier alpha value is -2.16. The monoisotopic (exact) mass is 493 g/mol. The molecule has 27 heavy (non-hydrogen) atoms. The van der Waals surface area contributed by atoms with Gasteiger partial charge >= 0.3 is 0 Å². The average Bonchev–Trinajstić information content (AvgIpc) is 3.36. The van der Waals surface area contributed by atoms with E-state index in [1.54, 1.807) is 24.8 Å². The maximum atomic E-state index is 10.0. The number of aromatic amines is 1. The highest BCUT2D eigenvalue weighted by Crippen LogP contribution is 2.47. The maximum Gasteiger partial charge on any atom is 0.171 e. The third kappa shape index (κ3) is 3.40. The molecule has 3 aromatic rings. The summed E-state index contributed by atoms with van der Waals surface area (Å²) >= 11 is 3.85. The molecule has 1 aliphatic rings. The molecule has 0 aliphatic carbocycles. The number of H-pyrrole nitrogens is 1. The van der Waals surface area contributed by atoms with Gasteiger partial charge in [0.25, 0.3) is 0 Å². The predicted octanol–water partition coefficient (Wildman–Crippen LogP) is 3.52. The molecule has 1 saturated heterocycles. The van der Waals surface area contributed by atoms with Gasteiger partial charge in [-0.2, -0.15) is 5.26 Å². The van der Waals surface area contributed by atoms with Crippen LogP contribution in [0.2, 0.25) is 0 Å². The first-order valence-corrected chi connectivity index (χ1v) is 10.2. The molecule has 0 saturated carbocycles. The quantitative estimate of drug-likeness (QED) is 0.560. The maximum absolute atomic E-state index is 10.0. The van der Waals surface area contributed by atoms with Crippen LogP contribution in [0.3, 0.4) is 0 Å². The molecular formula is C18H16IN5O2S. The Balaban J connectivity index is 1.93. The number of ether oxygens (including phenoxy) is 2. The molecule has 2 aromatic heterocycles. The summed E-state index contributed by atoms with van der Waals surface area (Å²) in [7, 11) is 1.65. The topological polar surface area (TPSA) is 87.1 Å². The zero-order valence-corrected chi connectivity index (χ0v) is 17.5. The number of halogens is 1. The molecule has 4 rings (SSSR count). The minimum absolute atomic E-state index is 0.663. The van der Waals surface area contributed by atoms with Crippen molar-refractivity contribution < 1.29 is 9.47 Å². The Kier molecular flexibility index (Phi) is 5.29. The molecule has 0 unspecified atom stereocenters. The Bertz CT molecular complexity index is 990. The number of hydrogen-bond acceptors (Lipinski definition) is 7. The minimum atomic E-state index is 0.663. The van der Waals surface area contributed by atoms with Crippen LogP contribution in [0.4, 0.5) is 5.00 Å². The van der Waals surface area contributed by atoms with Crippen molar-refractivity contribution in [3.05, 3.63) is 33.7 Å². The lowest BCUT2D eigenvalue weighted by atomic mass is 10.0. The fourth-order valence-corrected chi connectivity index (χ4v) is 5.10. The molecule has 7 nitrogen and oxygen atoms in total. The summed E-state index contributed by atoms with van der Waals surface area (Å²) in [5.74, 6) is 1.45. The lowest BCUT2D eigenvalue weighted by molar-refractivity contribution is 0.123. The highest BCUT2D eigenvalue weighted by atomic mass is 127. The predicted molar refractivity (Wildman–Crippen MR) is 112 cm³/mol. The van der Waals surface area contributed by atoms with Crippen LogP contribution in [0.25, 0.3) is 21.8 Å². The average molecular weight is 493 g/mol. The summed E-state index contributed by atoms with van der Waals surface area (Å²) in [6, 6.07) is 8.30. The van der Waals surface area contributed by atoms with Gasteiger partial charge in [-0.15, -0.1) is 21.5 Å². The summed E-state index contributed by atoms with van der Waals surface area (Å²) in [5, 5.41) is 19.1. The SMILES string of the molecule is COc1ccc(-c2c(-c3nnc[nH]3)sc(N3CCOCC3)c2C#N)c(I)c1. The Labute approximate surface area is 174 Å². The van der Waals surface area contributed by atoms with Gasteiger partial charge in [0, 0.05) is 22.2 Å². The van der Waals surface area contributed by atoms with E-state index in [2.05, 4.69) is 48.7 Å². The summed E-state index contributed by atoms with van der Waals surface area (Å²) in [4.78, 5) is 6.21. The van der Waals surface area contributed by atoms with Crippen LogP contribution in [-0.4, -0.2) is 48.6 Å². The molecule has 3 heterocycles. The minimum Gasteiger partial charge on any atom is -0.497 e. The van der Waals surface area contributed by atoms with Gasteiger partial charge in [0.15, 0.2) is 5.82 Å². The van der Waals surface area contributed by atoms with Crippen LogP contribution in [0.15, 0.2) is 24.5 Å². The van der Waals surface area contributed by atoms with Crippen molar-refractivity contribution in [1.82, 2.24) is 15.2 Å². The van der Waals surface area contributed by atoms with Crippen molar-refractivity contribution >= 4 is 38.9 Å². The number of nitriles is 1. The zero-order valence-electron chi connectivity index (χ0n) is 14.5. The second-order valence-electron chi connectivity index (χ2n) is 5.88. The van der Waals surface area contributed by atoms with E-state index in [4.69, 9.17) is 9.47 Å². The van der Waals surface area contributed by atoms with E-state index >= 15 is 0 Å². The van der Waals surface area contributed by atoms with Crippen LogP contribution < -0.4 is 9.64 Å². The summed E-state index contributed by atoms with van der Waals surface area (Å²) in [5.41, 5.74) is 2.53. The van der Waals surface area contributed by atoms with Crippen LogP contribution in [0.1, 0.15) is 5.56 Å². The molecule has 0 amide bonds. The number of hydrogen-bond donors (Lipinski definition) is 1. The zero-order chi connectivity index (χ0) is 18.8. The largest absolute Gasteiger partial charge is 0.497 e. The second-order valence-corrected chi connectivity index (χ2v) is 8.04. The van der Waals surface area contributed by atoms with Gasteiger partial charge in [-0.05, 0) is 46.4 Å². The molecule has 1 aliphatic heterocycles. The number of nitrogens with one attached hydrogen (secondary N) is 1. The first-order valence-electron chi connectivity index (χ1n) is 8.33. The standard InChI is InChI=1S/C18H16IN5O2S/c1-25-11-2-3-12(14(19)8-11)15-13(9-20)18(24-4-6-26-7-5-24)27-16(15)17-21-10-22-23-17/h2-3,8,10H,4-7H2,1H3,(H,21,22,23). The number of aromatic nitrogens is 3. The van der Waals surface area contributed by atoms with Crippen molar-refractivity contribution in [3.63, 3.8) is 0 Å². The summed E-state index contributed by atoms with van der Waals surface area (Å²) < 4.78 is 11.8. The smallest absolute Gasteiger partial charge is 0.171 e. The number of rotatable bonds is 4. The van der Waals surface area contributed by atoms with Crippen molar-refractivity contribution in [3.8, 4) is 33.6 Å². The molecule has 1 aromatic carbocycles. The van der Waals surface area contributed by atoms with Crippen LogP contribution in [0, 0.1) is 14.9 Å². The van der Waals surface area contributed by atoms with E-state index in [9.17, 15) is 5.26 Å². The first-order chi connectivity index (χ1) is 13.2. The number of nitrogens with zero attached hydrogens (tertiary/aromatic N) is 4. The fourth-order valence-electron chi connectivity index (χ4n) is 3.08. The first kappa shape index (κ1) is 18.2. The molecule has 0 radical (unpaired) electrons. The van der Waals surface area contributed by atoms with Crippen LogP contribution >= 0.6 is 33.9 Å². The normalized spacial score (nSPS) is 14.2. The summed E-state index contributed by atoms with van der Waals surface area (Å²) in [6.07, 6.45) is 1.55. The number of methoxy groups -OCH3 is 1. The van der Waals surface area contributed by atoms with Crippen molar-refractivity contribution in [2.45, 2.75) is 0 Å². The van der Waals surface area contributed by atoms with Gasteiger partial charge < -0.3 is 19.4 Å². The third-order valence-corrected chi connectivity index (χ3v) is 6.53. The number of anilines is 1. The molecular weight excluding hydrogens is 477 g/mol. The van der Waals surface area contributed by atoms with Crippen LogP contribution in [-0.2, 0) is 4.74 Å². The number of thiophene rings is 1. The van der Waals surface area contributed by atoms with Gasteiger partial charge in [0.2, 0.25) is 0 Å². The van der Waals surface area contributed by atoms with E-state index in [1.807, 2.05) is 18.2 Å². The number of morpholine rings is 1. The van der Waals surface area contributed by atoms with Crippen molar-refractivity contribution in [2.75, 3.05) is 38.3 Å². The molecule has 138 valence electrons. The van der Waals surface area contributed by atoms with Crippen molar-refractivity contribution in [1.29, 1.82) is 5.26 Å². The Morgan fingerprint density at radius 3 is 2.81 bits per heavy atom. The summed E-state index contributed by atoms with van der Waals surface area (Å²) in [6.45, 7) is 2.86. The molecule has 0 spiro atoms. The van der Waals surface area contributed by atoms with Gasteiger partial charge in [0.05, 0.1) is 30.8 Å². The van der Waals surface area contributed by atoms with Crippen molar-refractivity contribution in [2.24, 2.45) is 0 Å². The van der Waals surface area contributed by atoms with E-state index < -0.39 is 0 Å². The van der Waals surface area contributed by atoms with Crippen LogP contribution in [0.5, 0.6) is 5.75 Å². The molecule has 1 N–H and O–H groups in total. The third-order valence-electron chi connectivity index (χ3n) is 4.38. The molecule has 1 fully saturated rings. The second kappa shape index (κ2) is 7.84. The van der Waals surface area contributed by atoms with Gasteiger partial charge in [0.1, 0.15) is 23.1 Å². The highest BCUT2D eigenvalue weighted by Gasteiger charge is 2.27. The Morgan fingerprint density at radius 1 is 1.37 bits per heavy atom. The lowest BCUT2D eigenvalue weighted by Gasteiger charge is -2.27. The highest BCUT2D eigenvalue weighted by molar-refractivity contribution is 14.1. The molecule has 0 atom stereocenters. The number of benzene rings is 1. The van der Waals surface area contributed by atoms with E-state index in [0.717, 1.165) is 43.4 Å². The molecule has 9 heteroatoms. The fraction of sp³-hybridized carbons (Fsp3) is 0.278. The molecule has 0 bridgehead atoms. The van der Waals surface area contributed by atoms with E-state index in [-0.39, 0.29) is 0 Å². The van der Waals surface area contributed by atoms with Gasteiger partial charge in [-0.1, -0.05) is 0 Å². The van der Waals surface area contributed by atoms with E-state index in [0.29, 0.717) is 24.6 Å². The van der Waals surface area contributed by atoms with Gasteiger partial charge in [-0.25, -0.2) is 0 Å². The van der Waals surface area contributed by atoms with E-state index in [1.165, 1.54) is 0 Å². The Morgan fingerprint density at radius 2 is 2.19 bits per heavy atom. The van der Waals surface area contributed by atoms with Gasteiger partial charge in [-0.3, -0.25) is 0 Å². The lowest BCUT2D eigenvalue weighted by Crippen LogP contribution is -2.36.